The SMILES string of the molecule is [C-]#[N+][C@@H]1C[C@@]2(CN1C(=O)[C@H](CC(C)(C)C)N(C)C(=O)[C@H](Cc1ccc(F)cc1)NC(=O)OCc1ccccc1)C(=O)Nc1ccccc12. The van der Waals surface area contributed by atoms with Crippen molar-refractivity contribution < 1.29 is 28.3 Å². The second kappa shape index (κ2) is 13.9. The van der Waals surface area contributed by atoms with E-state index in [1.807, 2.05) is 57.2 Å². The summed E-state index contributed by atoms with van der Waals surface area (Å²) in [5, 5.41) is 5.56. The summed E-state index contributed by atoms with van der Waals surface area (Å²) >= 11 is 0. The molecule has 1 fully saturated rings. The molecule has 0 bridgehead atoms. The second-order valence-electron chi connectivity index (χ2n) is 13.7. The molecule has 3 aromatic carbocycles. The molecule has 3 aromatic rings. The molecule has 1 saturated heterocycles. The van der Waals surface area contributed by atoms with Crippen LogP contribution in [0.5, 0.6) is 0 Å². The first-order chi connectivity index (χ1) is 22.8. The van der Waals surface area contributed by atoms with Gasteiger partial charge in [-0.15, -0.1) is 0 Å². The van der Waals surface area contributed by atoms with Crippen molar-refractivity contribution in [2.75, 3.05) is 18.9 Å². The number of rotatable bonds is 9. The Bertz CT molecular complexity index is 1720. The minimum atomic E-state index is -1.16. The number of anilines is 1. The van der Waals surface area contributed by atoms with E-state index in [-0.39, 0.29) is 38.3 Å². The van der Waals surface area contributed by atoms with Gasteiger partial charge in [0, 0.05) is 25.7 Å². The Morgan fingerprint density at radius 2 is 1.73 bits per heavy atom. The normalized spacial score (nSPS) is 19.5. The molecule has 2 aliphatic heterocycles. The zero-order valence-corrected chi connectivity index (χ0v) is 27.5. The molecular formula is C37H40FN5O5. The molecule has 0 saturated carbocycles. The highest BCUT2D eigenvalue weighted by Crippen LogP contribution is 2.47. The van der Waals surface area contributed by atoms with Crippen molar-refractivity contribution in [1.29, 1.82) is 0 Å². The zero-order chi connectivity index (χ0) is 34.6. The van der Waals surface area contributed by atoms with Gasteiger partial charge in [0.05, 0.1) is 6.42 Å². The fourth-order valence-electron chi connectivity index (χ4n) is 6.48. The van der Waals surface area contributed by atoms with Crippen LogP contribution in [-0.4, -0.2) is 65.5 Å². The molecule has 2 heterocycles. The Hall–Kier alpha value is -5.24. The summed E-state index contributed by atoms with van der Waals surface area (Å²) in [6.07, 6.45) is -1.36. The number of alkyl carbamates (subject to hydrolysis) is 1. The molecule has 2 aliphatic rings. The minimum Gasteiger partial charge on any atom is -0.445 e. The molecule has 250 valence electrons. The lowest BCUT2D eigenvalue weighted by Gasteiger charge is -2.36. The maximum absolute atomic E-state index is 14.5. The van der Waals surface area contributed by atoms with Gasteiger partial charge >= 0.3 is 12.3 Å². The van der Waals surface area contributed by atoms with Gasteiger partial charge < -0.3 is 20.3 Å². The number of para-hydroxylation sites is 1. The summed E-state index contributed by atoms with van der Waals surface area (Å²) in [6.45, 7) is 13.8. The van der Waals surface area contributed by atoms with Crippen molar-refractivity contribution in [3.8, 4) is 0 Å². The fourth-order valence-corrected chi connectivity index (χ4v) is 6.48. The van der Waals surface area contributed by atoms with Gasteiger partial charge in [-0.05, 0) is 46.7 Å². The first-order valence-corrected chi connectivity index (χ1v) is 15.9. The number of nitrogens with one attached hydrogen (secondary N) is 2. The third kappa shape index (κ3) is 7.33. The van der Waals surface area contributed by atoms with Gasteiger partial charge in [0.25, 0.3) is 5.91 Å². The van der Waals surface area contributed by atoms with Crippen LogP contribution in [0.3, 0.4) is 0 Å². The molecule has 11 heteroatoms. The number of carbonyl (C=O) groups is 4. The van der Waals surface area contributed by atoms with Gasteiger partial charge in [-0.1, -0.05) is 81.4 Å². The molecule has 4 atom stereocenters. The lowest BCUT2D eigenvalue weighted by molar-refractivity contribution is -0.147. The topological polar surface area (TPSA) is 112 Å². The molecule has 5 rings (SSSR count). The Morgan fingerprint density at radius 3 is 2.40 bits per heavy atom. The van der Waals surface area contributed by atoms with Crippen LogP contribution in [0.1, 0.15) is 50.3 Å². The molecule has 0 radical (unpaired) electrons. The van der Waals surface area contributed by atoms with E-state index in [2.05, 4.69) is 15.5 Å². The number of benzene rings is 3. The maximum Gasteiger partial charge on any atom is 0.408 e. The fraction of sp³-hybridized carbons (Fsp3) is 0.378. The molecule has 48 heavy (non-hydrogen) atoms. The van der Waals surface area contributed by atoms with Crippen molar-refractivity contribution in [2.45, 2.75) is 70.3 Å². The molecule has 1 spiro atoms. The van der Waals surface area contributed by atoms with Crippen LogP contribution < -0.4 is 10.6 Å². The predicted octanol–water partition coefficient (Wildman–Crippen LogP) is 5.29. The van der Waals surface area contributed by atoms with Gasteiger partial charge in [0.2, 0.25) is 11.8 Å². The van der Waals surface area contributed by atoms with Crippen LogP contribution in [0, 0.1) is 17.8 Å². The number of likely N-dealkylation sites (N-methyl/N-ethyl adjacent to an activating group) is 1. The van der Waals surface area contributed by atoms with Gasteiger partial charge in [0.1, 0.15) is 29.9 Å². The third-order valence-corrected chi connectivity index (χ3v) is 8.95. The van der Waals surface area contributed by atoms with Crippen molar-refractivity contribution >= 4 is 29.5 Å². The predicted molar refractivity (Wildman–Crippen MR) is 178 cm³/mol. The highest BCUT2D eigenvalue weighted by molar-refractivity contribution is 6.07. The minimum absolute atomic E-state index is 0.00648. The highest BCUT2D eigenvalue weighted by Gasteiger charge is 2.59. The average molecular weight is 654 g/mol. The number of nitrogens with zero attached hydrogens (tertiary/aromatic N) is 3. The van der Waals surface area contributed by atoms with E-state index < -0.39 is 52.8 Å². The number of hydrogen-bond acceptors (Lipinski definition) is 5. The molecule has 0 aromatic heterocycles. The van der Waals surface area contributed by atoms with Gasteiger partial charge in [0.15, 0.2) is 0 Å². The van der Waals surface area contributed by atoms with E-state index in [0.717, 1.165) is 11.1 Å². The smallest absolute Gasteiger partial charge is 0.408 e. The molecule has 4 amide bonds. The van der Waals surface area contributed by atoms with Crippen LogP contribution in [0.2, 0.25) is 0 Å². The van der Waals surface area contributed by atoms with Gasteiger partial charge in [-0.25, -0.2) is 15.8 Å². The number of halogens is 1. The Morgan fingerprint density at radius 1 is 1.06 bits per heavy atom. The average Bonchev–Trinajstić information content (AvgIpc) is 3.59. The van der Waals surface area contributed by atoms with Gasteiger partial charge in [-0.3, -0.25) is 24.1 Å². The summed E-state index contributed by atoms with van der Waals surface area (Å²) in [4.78, 5) is 61.6. The maximum atomic E-state index is 14.5. The Balaban J connectivity index is 1.41. The Labute approximate surface area is 280 Å². The van der Waals surface area contributed by atoms with Crippen LogP contribution in [0.4, 0.5) is 14.9 Å². The molecular weight excluding hydrogens is 613 g/mol. The van der Waals surface area contributed by atoms with Crippen LogP contribution in [0.25, 0.3) is 4.85 Å². The monoisotopic (exact) mass is 653 g/mol. The summed E-state index contributed by atoms with van der Waals surface area (Å²) < 4.78 is 19.1. The quantitative estimate of drug-likeness (QED) is 0.305. The van der Waals surface area contributed by atoms with Crippen molar-refractivity contribution in [3.05, 3.63) is 113 Å². The summed E-state index contributed by atoms with van der Waals surface area (Å²) in [6, 6.07) is 19.8. The number of amides is 4. The van der Waals surface area contributed by atoms with E-state index in [1.54, 1.807) is 18.2 Å². The highest BCUT2D eigenvalue weighted by atomic mass is 19.1. The lowest BCUT2D eigenvalue weighted by atomic mass is 9.80. The van der Waals surface area contributed by atoms with Crippen LogP contribution in [-0.2, 0) is 37.6 Å². The van der Waals surface area contributed by atoms with Crippen molar-refractivity contribution in [3.63, 3.8) is 0 Å². The first-order valence-electron chi connectivity index (χ1n) is 15.9. The molecule has 0 unspecified atom stereocenters. The van der Waals surface area contributed by atoms with E-state index in [4.69, 9.17) is 11.3 Å². The number of hydrogen-bond donors (Lipinski definition) is 2. The molecule has 2 N–H and O–H groups in total. The number of ether oxygens (including phenoxy) is 1. The summed E-state index contributed by atoms with van der Waals surface area (Å²) in [5.74, 6) is -1.72. The molecule has 10 nitrogen and oxygen atoms in total. The van der Waals surface area contributed by atoms with Crippen LogP contribution >= 0.6 is 0 Å². The van der Waals surface area contributed by atoms with Crippen molar-refractivity contribution in [1.82, 2.24) is 15.1 Å². The summed E-state index contributed by atoms with van der Waals surface area (Å²) in [5.41, 5.74) is 1.25. The van der Waals surface area contributed by atoms with E-state index >= 15 is 0 Å². The zero-order valence-electron chi connectivity index (χ0n) is 27.5. The van der Waals surface area contributed by atoms with E-state index in [1.165, 1.54) is 41.1 Å². The third-order valence-electron chi connectivity index (χ3n) is 8.95. The number of carbonyl (C=O) groups excluding carboxylic acids is 4. The summed E-state index contributed by atoms with van der Waals surface area (Å²) in [7, 11) is 1.50. The first kappa shape index (κ1) is 34.1. The number of fused-ring (bicyclic) bond motifs is 2. The van der Waals surface area contributed by atoms with Gasteiger partial charge in [-0.2, -0.15) is 0 Å². The molecule has 0 aliphatic carbocycles. The van der Waals surface area contributed by atoms with E-state index in [0.29, 0.717) is 11.3 Å². The Kier molecular flexibility index (Phi) is 9.85. The standard InChI is InChI=1S/C37H40FN5O5/c1-36(2,3)20-30(33(45)43-23-37(21-31(43)39-4)27-13-9-10-14-28(27)40-34(37)46)42(5)32(44)29(19-24-15-17-26(38)18-16-24)41-35(47)48-22-25-11-7-6-8-12-25/h6-18,29-31H,19-23H2,1-3,5H3,(H,40,46)(H,41,47)/t29-,30-,31-,37-/m0/s1. The second-order valence-corrected chi connectivity index (χ2v) is 13.7. The number of likely N-dealkylation sites (tertiary alicyclic amines) is 1. The van der Waals surface area contributed by atoms with Crippen LogP contribution in [0.15, 0.2) is 78.9 Å². The lowest BCUT2D eigenvalue weighted by Crippen LogP contribution is -2.57. The largest absolute Gasteiger partial charge is 0.445 e. The van der Waals surface area contributed by atoms with E-state index in [9.17, 15) is 23.6 Å². The van der Waals surface area contributed by atoms with Crippen molar-refractivity contribution in [2.24, 2.45) is 5.41 Å².